The number of carboxylic acid groups (broad SMARTS) is 1. The van der Waals surface area contributed by atoms with E-state index in [4.69, 9.17) is 0 Å². The van der Waals surface area contributed by atoms with E-state index in [2.05, 4.69) is 25.2 Å². The quantitative estimate of drug-likeness (QED) is 0.688. The molecule has 0 bridgehead atoms. The number of aliphatic carboxylic acids is 1. The average Bonchev–Trinajstić information content (AvgIpc) is 3.31. The summed E-state index contributed by atoms with van der Waals surface area (Å²) in [5, 5.41) is 11.0. The van der Waals surface area contributed by atoms with Crippen LogP contribution in [0.5, 0.6) is 0 Å². The number of hydrogen-bond donors (Lipinski definition) is 2. The van der Waals surface area contributed by atoms with Crippen LogP contribution in [0.4, 0.5) is 0 Å². The molecule has 9 heteroatoms. The largest absolute Gasteiger partial charge is 0.480 e. The molecular formula is C24H26N2O6S. The van der Waals surface area contributed by atoms with Gasteiger partial charge in [0.25, 0.3) is 5.91 Å². The molecule has 33 heavy (non-hydrogen) atoms. The lowest BCUT2D eigenvalue weighted by Crippen LogP contribution is -2.45. The number of fused-ring (bicyclic) bond motifs is 3. The van der Waals surface area contributed by atoms with Gasteiger partial charge >= 0.3 is 5.97 Å². The van der Waals surface area contributed by atoms with Gasteiger partial charge in [-0.25, -0.2) is 13.2 Å². The van der Waals surface area contributed by atoms with Crippen LogP contribution in [0.25, 0.3) is 11.1 Å². The van der Waals surface area contributed by atoms with Crippen molar-refractivity contribution in [1.82, 2.24) is 10.2 Å². The zero-order valence-corrected chi connectivity index (χ0v) is 19.5. The number of benzene rings is 2. The van der Waals surface area contributed by atoms with E-state index >= 15 is 0 Å². The molecule has 0 saturated carbocycles. The van der Waals surface area contributed by atoms with E-state index in [1.54, 1.807) is 12.1 Å². The number of likely N-dealkylation sites (tertiary alicyclic amines) is 1. The fourth-order valence-corrected chi connectivity index (χ4v) is 5.80. The highest BCUT2D eigenvalue weighted by Gasteiger charge is 2.43. The monoisotopic (exact) mass is 470 g/mol. The predicted molar refractivity (Wildman–Crippen MR) is 123 cm³/mol. The van der Waals surface area contributed by atoms with E-state index in [-0.39, 0.29) is 18.4 Å². The fourth-order valence-electron chi connectivity index (χ4n) is 4.84. The number of sulfone groups is 1. The van der Waals surface area contributed by atoms with E-state index in [0.717, 1.165) is 27.8 Å². The van der Waals surface area contributed by atoms with Crippen LogP contribution in [-0.4, -0.2) is 66.8 Å². The van der Waals surface area contributed by atoms with E-state index in [0.29, 0.717) is 5.56 Å². The first kappa shape index (κ1) is 23.0. The van der Waals surface area contributed by atoms with Gasteiger partial charge in [-0.15, -0.1) is 0 Å². The fraction of sp³-hybridized carbons (Fsp3) is 0.375. The summed E-state index contributed by atoms with van der Waals surface area (Å²) in [5.41, 5.74) is 4.53. The number of nitrogens with zero attached hydrogens (tertiary/aromatic N) is 1. The summed E-state index contributed by atoms with van der Waals surface area (Å²) in [7, 11) is -3.49. The van der Waals surface area contributed by atoms with Gasteiger partial charge in [0, 0.05) is 23.8 Å². The van der Waals surface area contributed by atoms with Crippen molar-refractivity contribution in [3.05, 3.63) is 59.2 Å². The molecule has 1 aliphatic carbocycles. The number of carboxylic acids is 1. The maximum absolute atomic E-state index is 12.8. The number of nitrogens with one attached hydrogen (secondary N) is 1. The van der Waals surface area contributed by atoms with Gasteiger partial charge in [0.15, 0.2) is 9.84 Å². The molecule has 0 spiro atoms. The third kappa shape index (κ3) is 4.01. The van der Waals surface area contributed by atoms with Gasteiger partial charge in [-0.05, 0) is 40.8 Å². The summed E-state index contributed by atoms with van der Waals surface area (Å²) in [6.45, 7) is 3.65. The van der Waals surface area contributed by atoms with Gasteiger partial charge < -0.3 is 15.3 Å². The predicted octanol–water partition coefficient (Wildman–Crippen LogP) is 1.82. The smallest absolute Gasteiger partial charge is 0.326 e. The molecule has 1 saturated heterocycles. The SMILES string of the molecule is CC1(C)c2ccccc2-c2cc(C(=O)NCC(=O)N3C[C@H](S(C)(=O)=O)C[C@H]3C(=O)O)ccc21. The van der Waals surface area contributed by atoms with Crippen LogP contribution in [0.2, 0.25) is 0 Å². The van der Waals surface area contributed by atoms with Crippen molar-refractivity contribution in [2.24, 2.45) is 0 Å². The summed E-state index contributed by atoms with van der Waals surface area (Å²) in [6, 6.07) is 12.2. The average molecular weight is 471 g/mol. The van der Waals surface area contributed by atoms with Crippen molar-refractivity contribution in [3.63, 3.8) is 0 Å². The molecule has 1 aliphatic heterocycles. The Morgan fingerprint density at radius 2 is 1.76 bits per heavy atom. The summed E-state index contributed by atoms with van der Waals surface area (Å²) >= 11 is 0. The maximum atomic E-state index is 12.8. The van der Waals surface area contributed by atoms with Crippen LogP contribution in [0.3, 0.4) is 0 Å². The van der Waals surface area contributed by atoms with Crippen molar-refractivity contribution in [1.29, 1.82) is 0 Å². The number of hydrogen-bond acceptors (Lipinski definition) is 5. The third-order valence-electron chi connectivity index (χ3n) is 6.72. The van der Waals surface area contributed by atoms with E-state index in [1.165, 1.54) is 5.56 Å². The highest BCUT2D eigenvalue weighted by atomic mass is 32.2. The summed E-state index contributed by atoms with van der Waals surface area (Å²) in [4.78, 5) is 38.0. The Labute approximate surface area is 192 Å². The number of amides is 2. The first-order valence-electron chi connectivity index (χ1n) is 10.6. The minimum absolute atomic E-state index is 0.159. The Hall–Kier alpha value is -3.20. The van der Waals surface area contributed by atoms with Gasteiger partial charge in [-0.3, -0.25) is 9.59 Å². The zero-order valence-electron chi connectivity index (χ0n) is 18.7. The van der Waals surface area contributed by atoms with Crippen LogP contribution in [0.1, 0.15) is 41.8 Å². The van der Waals surface area contributed by atoms with Gasteiger partial charge in [0.2, 0.25) is 5.91 Å². The van der Waals surface area contributed by atoms with E-state index < -0.39 is 45.5 Å². The van der Waals surface area contributed by atoms with Gasteiger partial charge in [-0.2, -0.15) is 0 Å². The number of rotatable bonds is 5. The van der Waals surface area contributed by atoms with Gasteiger partial charge in [0.1, 0.15) is 6.04 Å². The first-order chi connectivity index (χ1) is 15.4. The van der Waals surface area contributed by atoms with Gasteiger partial charge in [-0.1, -0.05) is 44.2 Å². The molecule has 4 rings (SSSR count). The standard InChI is InChI=1S/C24H26N2O6S/c1-24(2)18-7-5-4-6-16(18)17-10-14(8-9-19(17)24)22(28)25-12-21(27)26-13-15(33(3,31)32)11-20(26)23(29)30/h4-10,15,20H,11-13H2,1-3H3,(H,25,28)(H,29,30)/t15-,20+/m1/s1. The highest BCUT2D eigenvalue weighted by molar-refractivity contribution is 7.91. The van der Waals surface area contributed by atoms with Crippen LogP contribution in [0.15, 0.2) is 42.5 Å². The minimum Gasteiger partial charge on any atom is -0.480 e. The van der Waals surface area contributed by atoms with Crippen LogP contribution >= 0.6 is 0 Å². The van der Waals surface area contributed by atoms with Crippen molar-refractivity contribution in [2.75, 3.05) is 19.3 Å². The van der Waals surface area contributed by atoms with Crippen molar-refractivity contribution in [2.45, 2.75) is 37.0 Å². The Morgan fingerprint density at radius 3 is 2.42 bits per heavy atom. The highest BCUT2D eigenvalue weighted by Crippen LogP contribution is 2.48. The zero-order chi connectivity index (χ0) is 24.1. The second kappa shape index (κ2) is 7.98. The number of carbonyl (C=O) groups is 3. The van der Waals surface area contributed by atoms with Gasteiger partial charge in [0.05, 0.1) is 11.8 Å². The van der Waals surface area contributed by atoms with E-state index in [1.807, 2.05) is 24.3 Å². The van der Waals surface area contributed by atoms with Crippen LogP contribution in [0, 0.1) is 0 Å². The lowest BCUT2D eigenvalue weighted by Gasteiger charge is -2.22. The molecule has 0 unspecified atom stereocenters. The molecule has 2 aliphatic rings. The normalized spacial score (nSPS) is 20.8. The molecule has 0 aromatic heterocycles. The van der Waals surface area contributed by atoms with Crippen LogP contribution in [-0.2, 0) is 24.8 Å². The molecular weight excluding hydrogens is 444 g/mol. The molecule has 2 aromatic carbocycles. The number of carbonyl (C=O) groups excluding carboxylic acids is 2. The topological polar surface area (TPSA) is 121 Å². The lowest BCUT2D eigenvalue weighted by atomic mass is 9.82. The van der Waals surface area contributed by atoms with Crippen molar-refractivity contribution >= 4 is 27.6 Å². The third-order valence-corrected chi connectivity index (χ3v) is 8.27. The molecule has 8 nitrogen and oxygen atoms in total. The Balaban J connectivity index is 1.49. The Kier molecular flexibility index (Phi) is 5.56. The summed E-state index contributed by atoms with van der Waals surface area (Å²) < 4.78 is 23.7. The molecule has 1 fully saturated rings. The molecule has 2 N–H and O–H groups in total. The maximum Gasteiger partial charge on any atom is 0.326 e. The van der Waals surface area contributed by atoms with Crippen molar-refractivity contribution < 1.29 is 27.9 Å². The first-order valence-corrected chi connectivity index (χ1v) is 12.6. The molecule has 174 valence electrons. The molecule has 2 amide bonds. The second-order valence-electron chi connectivity index (χ2n) is 9.20. The molecule has 1 heterocycles. The summed E-state index contributed by atoms with van der Waals surface area (Å²) in [5.74, 6) is -2.35. The lowest BCUT2D eigenvalue weighted by molar-refractivity contribution is -0.147. The summed E-state index contributed by atoms with van der Waals surface area (Å²) in [6.07, 6.45) is 0.869. The Morgan fingerprint density at radius 1 is 1.09 bits per heavy atom. The molecule has 2 atom stereocenters. The van der Waals surface area contributed by atoms with Crippen LogP contribution < -0.4 is 5.32 Å². The van der Waals surface area contributed by atoms with Crippen molar-refractivity contribution in [3.8, 4) is 11.1 Å². The Bertz CT molecular complexity index is 1270. The minimum atomic E-state index is -3.49. The molecule has 2 aromatic rings. The second-order valence-corrected chi connectivity index (χ2v) is 11.5. The molecule has 0 radical (unpaired) electrons. The van der Waals surface area contributed by atoms with E-state index in [9.17, 15) is 27.9 Å².